The van der Waals surface area contributed by atoms with Crippen molar-refractivity contribution in [2.45, 2.75) is 12.6 Å². The molecule has 0 spiro atoms. The molecule has 7 heavy (non-hydrogen) atoms. The minimum absolute atomic E-state index is 0.0185. The Morgan fingerprint density at radius 3 is 2.57 bits per heavy atom. The summed E-state index contributed by atoms with van der Waals surface area (Å²) in [5.41, 5.74) is 5.34. The molecule has 0 bridgehead atoms. The molecule has 38 valence electrons. The van der Waals surface area contributed by atoms with Crippen LogP contribution in [0.1, 0.15) is 6.42 Å². The van der Waals surface area contributed by atoms with Crippen molar-refractivity contribution >= 4 is 0 Å². The van der Waals surface area contributed by atoms with Gasteiger partial charge in [-0.15, -0.1) is 0 Å². The van der Waals surface area contributed by atoms with Crippen molar-refractivity contribution in [1.29, 1.82) is 5.26 Å². The summed E-state index contributed by atoms with van der Waals surface area (Å²) in [6, 6.07) is 0. The van der Waals surface area contributed by atoms with Gasteiger partial charge in [-0.3, -0.25) is 4.90 Å². The van der Waals surface area contributed by atoms with E-state index in [-0.39, 0.29) is 6.17 Å². The highest BCUT2D eigenvalue weighted by Crippen LogP contribution is 2.08. The van der Waals surface area contributed by atoms with Gasteiger partial charge in [0.25, 0.3) is 0 Å². The van der Waals surface area contributed by atoms with Gasteiger partial charge in [0.05, 0.1) is 6.17 Å². The van der Waals surface area contributed by atoms with Crippen molar-refractivity contribution < 1.29 is 0 Å². The van der Waals surface area contributed by atoms with Crippen LogP contribution < -0.4 is 5.73 Å². The summed E-state index contributed by atoms with van der Waals surface area (Å²) in [5.74, 6) is 0. The van der Waals surface area contributed by atoms with Gasteiger partial charge in [0.2, 0.25) is 0 Å². The van der Waals surface area contributed by atoms with Crippen LogP contribution in [0, 0.1) is 11.5 Å². The lowest BCUT2D eigenvalue weighted by atomic mass is 10.2. The Bertz CT molecular complexity index is 104. The van der Waals surface area contributed by atoms with E-state index >= 15 is 0 Å². The highest BCUT2D eigenvalue weighted by atomic mass is 15.3. The summed E-state index contributed by atoms with van der Waals surface area (Å²) in [7, 11) is 0. The Balaban J connectivity index is 2.33. The van der Waals surface area contributed by atoms with Crippen molar-refractivity contribution in [1.82, 2.24) is 4.90 Å². The van der Waals surface area contributed by atoms with Crippen LogP contribution in [-0.4, -0.2) is 17.6 Å². The van der Waals surface area contributed by atoms with Gasteiger partial charge in [-0.2, -0.15) is 5.26 Å². The fourth-order valence-corrected chi connectivity index (χ4v) is 0.531. The van der Waals surface area contributed by atoms with E-state index in [1.807, 2.05) is 6.19 Å². The van der Waals surface area contributed by atoms with E-state index in [1.54, 1.807) is 4.90 Å². The molecule has 0 radical (unpaired) electrons. The van der Waals surface area contributed by atoms with Crippen molar-refractivity contribution in [2.24, 2.45) is 5.73 Å². The van der Waals surface area contributed by atoms with E-state index in [0.717, 1.165) is 13.0 Å². The molecule has 0 amide bonds. The van der Waals surface area contributed by atoms with E-state index in [4.69, 9.17) is 11.0 Å². The van der Waals surface area contributed by atoms with Crippen LogP contribution in [0.2, 0.25) is 0 Å². The van der Waals surface area contributed by atoms with Gasteiger partial charge in [-0.05, 0) is 6.42 Å². The zero-order chi connectivity index (χ0) is 5.28. The molecule has 0 saturated carbocycles. The standard InChI is InChI=1S/C4H7N3/c5-3-7-2-1-4(7)6/h4H,1-2,6H2. The molecule has 3 heteroatoms. The fraction of sp³-hybridized carbons (Fsp3) is 0.750. The molecule has 1 aliphatic rings. The van der Waals surface area contributed by atoms with Gasteiger partial charge in [-0.1, -0.05) is 0 Å². The van der Waals surface area contributed by atoms with Gasteiger partial charge in [0.15, 0.2) is 6.19 Å². The summed E-state index contributed by atoms with van der Waals surface area (Å²) >= 11 is 0. The molecule has 0 aromatic carbocycles. The zero-order valence-electron chi connectivity index (χ0n) is 3.96. The Morgan fingerprint density at radius 2 is 2.57 bits per heavy atom. The number of hydrogen-bond donors (Lipinski definition) is 1. The minimum Gasteiger partial charge on any atom is -0.311 e. The number of nitriles is 1. The predicted octanol–water partition coefficient (Wildman–Crippen LogP) is -0.542. The van der Waals surface area contributed by atoms with Crippen molar-refractivity contribution in [3.63, 3.8) is 0 Å². The third-order valence-electron chi connectivity index (χ3n) is 1.19. The third-order valence-corrected chi connectivity index (χ3v) is 1.19. The maximum atomic E-state index is 8.15. The summed E-state index contributed by atoms with van der Waals surface area (Å²) in [6.45, 7) is 0.845. The zero-order valence-corrected chi connectivity index (χ0v) is 3.96. The molecule has 1 unspecified atom stereocenters. The van der Waals surface area contributed by atoms with Crippen LogP contribution in [0.3, 0.4) is 0 Å². The molecule has 3 nitrogen and oxygen atoms in total. The Morgan fingerprint density at radius 1 is 1.86 bits per heavy atom. The van der Waals surface area contributed by atoms with Gasteiger partial charge < -0.3 is 5.73 Å². The van der Waals surface area contributed by atoms with E-state index < -0.39 is 0 Å². The molecule has 1 heterocycles. The Hall–Kier alpha value is -0.750. The summed E-state index contributed by atoms with van der Waals surface area (Å²) in [4.78, 5) is 1.56. The number of hydrogen-bond acceptors (Lipinski definition) is 3. The molecule has 1 rings (SSSR count). The lowest BCUT2D eigenvalue weighted by Crippen LogP contribution is -2.50. The smallest absolute Gasteiger partial charge is 0.180 e. The SMILES string of the molecule is N#CN1CCC1N. The number of rotatable bonds is 0. The molecule has 0 aromatic rings. The molecule has 0 aliphatic carbocycles. The Kier molecular flexibility index (Phi) is 0.878. The van der Waals surface area contributed by atoms with E-state index in [9.17, 15) is 0 Å². The summed E-state index contributed by atoms with van der Waals surface area (Å²) < 4.78 is 0. The first-order valence-corrected chi connectivity index (χ1v) is 2.26. The van der Waals surface area contributed by atoms with Crippen LogP contribution >= 0.6 is 0 Å². The minimum atomic E-state index is 0.0185. The highest BCUT2D eigenvalue weighted by molar-refractivity contribution is 4.87. The second-order valence-electron chi connectivity index (χ2n) is 1.65. The number of nitrogens with two attached hydrogens (primary N) is 1. The van der Waals surface area contributed by atoms with E-state index in [2.05, 4.69) is 0 Å². The molecule has 0 aromatic heterocycles. The predicted molar refractivity (Wildman–Crippen MR) is 24.9 cm³/mol. The van der Waals surface area contributed by atoms with Gasteiger partial charge >= 0.3 is 0 Å². The van der Waals surface area contributed by atoms with Crippen LogP contribution in [0.15, 0.2) is 0 Å². The normalized spacial score (nSPS) is 28.6. The molecule has 1 aliphatic heterocycles. The molecule has 1 atom stereocenters. The van der Waals surface area contributed by atoms with Crippen LogP contribution in [0.25, 0.3) is 0 Å². The lowest BCUT2D eigenvalue weighted by molar-refractivity contribution is 0.173. The first kappa shape index (κ1) is 4.41. The van der Waals surface area contributed by atoms with Crippen molar-refractivity contribution in [3.05, 3.63) is 0 Å². The number of likely N-dealkylation sites (tertiary alicyclic amines) is 1. The molecular formula is C4H7N3. The lowest BCUT2D eigenvalue weighted by Gasteiger charge is -2.32. The average molecular weight is 97.1 g/mol. The first-order valence-electron chi connectivity index (χ1n) is 2.26. The van der Waals surface area contributed by atoms with Crippen LogP contribution in [0.5, 0.6) is 0 Å². The third kappa shape index (κ3) is 0.528. The summed E-state index contributed by atoms with van der Waals surface area (Å²) in [5, 5.41) is 8.15. The largest absolute Gasteiger partial charge is 0.311 e. The number of nitrogens with zero attached hydrogens (tertiary/aromatic N) is 2. The van der Waals surface area contributed by atoms with Crippen molar-refractivity contribution in [3.8, 4) is 6.19 Å². The van der Waals surface area contributed by atoms with Crippen LogP contribution in [0.4, 0.5) is 0 Å². The van der Waals surface area contributed by atoms with Crippen LogP contribution in [-0.2, 0) is 0 Å². The topological polar surface area (TPSA) is 53.0 Å². The van der Waals surface area contributed by atoms with Gasteiger partial charge in [0.1, 0.15) is 0 Å². The Labute approximate surface area is 42.3 Å². The first-order chi connectivity index (χ1) is 3.34. The van der Waals surface area contributed by atoms with Crippen molar-refractivity contribution in [2.75, 3.05) is 6.54 Å². The van der Waals surface area contributed by atoms with E-state index in [1.165, 1.54) is 0 Å². The summed E-state index contributed by atoms with van der Waals surface area (Å²) in [6.07, 6.45) is 2.94. The fourth-order valence-electron chi connectivity index (χ4n) is 0.531. The monoisotopic (exact) mass is 97.1 g/mol. The average Bonchev–Trinajstić information content (AvgIpc) is 1.65. The van der Waals surface area contributed by atoms with Gasteiger partial charge in [-0.25, -0.2) is 0 Å². The van der Waals surface area contributed by atoms with Gasteiger partial charge in [0, 0.05) is 6.54 Å². The maximum absolute atomic E-state index is 8.15. The maximum Gasteiger partial charge on any atom is 0.180 e. The second-order valence-corrected chi connectivity index (χ2v) is 1.65. The molecular weight excluding hydrogens is 90.1 g/mol. The molecule has 1 saturated heterocycles. The van der Waals surface area contributed by atoms with E-state index in [0.29, 0.717) is 0 Å². The quantitative estimate of drug-likeness (QED) is 0.413. The second kappa shape index (κ2) is 1.39. The molecule has 2 N–H and O–H groups in total. The molecule has 1 fully saturated rings. The highest BCUT2D eigenvalue weighted by Gasteiger charge is 2.21.